The Kier molecular flexibility index (Phi) is 15.6. The van der Waals surface area contributed by atoms with Crippen LogP contribution in [0.3, 0.4) is 0 Å². The number of amides is 5. The first-order valence-corrected chi connectivity index (χ1v) is 21.0. The number of nitrogens with two attached hydrogens (primary N) is 1. The zero-order chi connectivity index (χ0) is 39.0. The number of hydrogen-bond acceptors (Lipinski definition) is 8. The Bertz CT molecular complexity index is 1510. The van der Waals surface area contributed by atoms with Gasteiger partial charge < -0.3 is 26.6 Å². The Balaban J connectivity index is 1.81. The maximum atomic E-state index is 14.4. The number of nitrogens with zero attached hydrogens (tertiary/aromatic N) is 2. The summed E-state index contributed by atoms with van der Waals surface area (Å²) < 4.78 is 27.8. The van der Waals surface area contributed by atoms with Crippen molar-refractivity contribution in [3.8, 4) is 0 Å². The summed E-state index contributed by atoms with van der Waals surface area (Å²) in [5.41, 5.74) is 4.58. The topological polar surface area (TPSA) is 188 Å². The molecule has 0 bridgehead atoms. The maximum absolute atomic E-state index is 14.4. The van der Waals surface area contributed by atoms with E-state index in [0.29, 0.717) is 18.8 Å². The van der Waals surface area contributed by atoms with Crippen molar-refractivity contribution in [2.45, 2.75) is 110 Å². The van der Waals surface area contributed by atoms with Crippen molar-refractivity contribution in [3.63, 3.8) is 0 Å². The van der Waals surface area contributed by atoms with E-state index in [1.165, 1.54) is 46.6 Å². The number of primary amides is 1. The van der Waals surface area contributed by atoms with Gasteiger partial charge in [0, 0.05) is 31.9 Å². The Morgan fingerprint density at radius 2 is 1.63 bits per heavy atom. The van der Waals surface area contributed by atoms with E-state index in [2.05, 4.69) is 16.0 Å². The van der Waals surface area contributed by atoms with Gasteiger partial charge in [-0.05, 0) is 66.2 Å². The number of nitrogens with one attached hydrogen (secondary N) is 3. The fraction of sp³-hybridized carbons (Fsp3) is 0.703. The van der Waals surface area contributed by atoms with E-state index < -0.39 is 69.1 Å². The standard InChI is InChI=1S/C37H60N6O7S2/c1-9-24(4)28(20-42(8)52(49,50)26-16-11-10-12-17-26)40-36(48)41-32(37(5,6)7)35(47)43-19-18-27(23(2)3)30(43)34(46)39-29(31(44)33(38)45)22-51-21-25-14-13-15-25/h10-12,16-17,23-25,27-30,32H,9,13-15,18-22H2,1-8H3,(H2,38,45)(H,39,46)(H2,40,41,48)/t24-,27+,28+,29?,30-,32+/m0/s1. The molecule has 0 spiro atoms. The molecule has 1 aliphatic carbocycles. The molecule has 15 heteroatoms. The lowest BCUT2D eigenvalue weighted by atomic mass is 9.84. The van der Waals surface area contributed by atoms with Gasteiger partial charge in [0.25, 0.3) is 5.91 Å². The Hall–Kier alpha value is -3.17. The van der Waals surface area contributed by atoms with Crippen LogP contribution in [0.25, 0.3) is 0 Å². The van der Waals surface area contributed by atoms with E-state index in [0.717, 1.165) is 18.6 Å². The molecule has 1 saturated carbocycles. The summed E-state index contributed by atoms with van der Waals surface area (Å²) in [6, 6.07) is 3.73. The number of carbonyl (C=O) groups excluding carboxylic acids is 5. The SMILES string of the molecule is CC[C@H](C)[C@@H](CN(C)S(=O)(=O)c1ccccc1)NC(=O)N[C@H](C(=O)N1CC[C@H](C(C)C)[C@H]1C(=O)NC(CSCC1CCC1)C(=O)C(N)=O)C(C)(C)C. The molecule has 5 N–H and O–H groups in total. The second kappa shape index (κ2) is 18.7. The van der Waals surface area contributed by atoms with Crippen molar-refractivity contribution in [2.75, 3.05) is 31.6 Å². The van der Waals surface area contributed by atoms with Gasteiger partial charge in [0.05, 0.1) is 4.90 Å². The van der Waals surface area contributed by atoms with Crippen LogP contribution in [0.5, 0.6) is 0 Å². The summed E-state index contributed by atoms with van der Waals surface area (Å²) >= 11 is 1.50. The van der Waals surface area contributed by atoms with Gasteiger partial charge in [-0.3, -0.25) is 19.2 Å². The second-order valence-corrected chi connectivity index (χ2v) is 18.9. The predicted molar refractivity (Wildman–Crippen MR) is 204 cm³/mol. The average Bonchev–Trinajstić information content (AvgIpc) is 3.52. The Labute approximate surface area is 314 Å². The van der Waals surface area contributed by atoms with Gasteiger partial charge in [0.2, 0.25) is 27.6 Å². The van der Waals surface area contributed by atoms with E-state index in [4.69, 9.17) is 5.73 Å². The van der Waals surface area contributed by atoms with Gasteiger partial charge in [-0.25, -0.2) is 13.2 Å². The fourth-order valence-electron chi connectivity index (χ4n) is 6.68. The number of likely N-dealkylation sites (N-methyl/N-ethyl adjacent to an activating group) is 1. The van der Waals surface area contributed by atoms with Gasteiger partial charge in [-0.2, -0.15) is 16.1 Å². The number of likely N-dealkylation sites (tertiary alicyclic amines) is 1. The van der Waals surface area contributed by atoms with E-state index in [1.54, 1.807) is 18.2 Å². The summed E-state index contributed by atoms with van der Waals surface area (Å²) in [6.45, 7) is 13.5. The minimum Gasteiger partial charge on any atom is -0.363 e. The van der Waals surface area contributed by atoms with Crippen molar-refractivity contribution in [2.24, 2.45) is 34.8 Å². The van der Waals surface area contributed by atoms with Gasteiger partial charge in [0.15, 0.2) is 0 Å². The lowest BCUT2D eigenvalue weighted by molar-refractivity contribution is -0.144. The van der Waals surface area contributed by atoms with Crippen LogP contribution in [-0.2, 0) is 29.2 Å². The first-order chi connectivity index (χ1) is 24.3. The average molecular weight is 765 g/mol. The number of benzene rings is 1. The molecule has 292 valence electrons. The van der Waals surface area contributed by atoms with E-state index in [9.17, 15) is 32.4 Å². The van der Waals surface area contributed by atoms with Crippen LogP contribution in [-0.4, -0.2) is 103 Å². The minimum absolute atomic E-state index is 0.00234. The van der Waals surface area contributed by atoms with Crippen LogP contribution in [0.15, 0.2) is 35.2 Å². The molecule has 2 fully saturated rings. The molecule has 0 radical (unpaired) electrons. The monoisotopic (exact) mass is 764 g/mol. The first-order valence-electron chi connectivity index (χ1n) is 18.4. The zero-order valence-electron chi connectivity index (χ0n) is 32.0. The number of thioether (sulfide) groups is 1. The highest BCUT2D eigenvalue weighted by Crippen LogP contribution is 2.34. The lowest BCUT2D eigenvalue weighted by Gasteiger charge is -2.37. The summed E-state index contributed by atoms with van der Waals surface area (Å²) in [5.74, 6) is -1.75. The van der Waals surface area contributed by atoms with Crippen molar-refractivity contribution < 1.29 is 32.4 Å². The highest BCUT2D eigenvalue weighted by atomic mass is 32.2. The fourth-order valence-corrected chi connectivity index (χ4v) is 9.17. The van der Waals surface area contributed by atoms with Crippen LogP contribution in [0.4, 0.5) is 4.79 Å². The normalized spacial score (nSPS) is 20.5. The van der Waals surface area contributed by atoms with Gasteiger partial charge in [-0.15, -0.1) is 0 Å². The number of Topliss-reactive ketones (excluding diaryl/α,β-unsaturated/α-hetero) is 1. The maximum Gasteiger partial charge on any atom is 0.315 e. The Morgan fingerprint density at radius 1 is 1.00 bits per heavy atom. The van der Waals surface area contributed by atoms with Crippen molar-refractivity contribution in [1.82, 2.24) is 25.2 Å². The molecule has 13 nitrogen and oxygen atoms in total. The molecule has 5 amide bonds. The van der Waals surface area contributed by atoms with Gasteiger partial charge in [0.1, 0.15) is 18.1 Å². The molecular weight excluding hydrogens is 705 g/mol. The number of ketones is 1. The quantitative estimate of drug-likeness (QED) is 0.164. The van der Waals surface area contributed by atoms with Crippen molar-refractivity contribution >= 4 is 51.3 Å². The molecule has 0 aromatic heterocycles. The highest BCUT2D eigenvalue weighted by molar-refractivity contribution is 7.99. The van der Waals surface area contributed by atoms with E-state index >= 15 is 0 Å². The number of hydrogen-bond donors (Lipinski definition) is 4. The second-order valence-electron chi connectivity index (χ2n) is 15.8. The van der Waals surface area contributed by atoms with Crippen LogP contribution < -0.4 is 21.7 Å². The molecule has 1 aliphatic heterocycles. The summed E-state index contributed by atoms with van der Waals surface area (Å²) in [6.07, 6.45) is 4.61. The minimum atomic E-state index is -3.82. The molecule has 1 aromatic rings. The Morgan fingerprint density at radius 3 is 2.15 bits per heavy atom. The molecule has 1 unspecified atom stereocenters. The van der Waals surface area contributed by atoms with Crippen LogP contribution in [0.2, 0.25) is 0 Å². The van der Waals surface area contributed by atoms with Gasteiger partial charge >= 0.3 is 6.03 Å². The smallest absolute Gasteiger partial charge is 0.315 e. The van der Waals surface area contributed by atoms with E-state index in [1.807, 2.05) is 48.5 Å². The predicted octanol–water partition coefficient (Wildman–Crippen LogP) is 3.38. The number of urea groups is 1. The molecule has 52 heavy (non-hydrogen) atoms. The molecule has 1 aromatic carbocycles. The molecule has 3 rings (SSSR count). The molecular formula is C37H60N6O7S2. The molecule has 1 heterocycles. The lowest BCUT2D eigenvalue weighted by Crippen LogP contribution is -2.62. The molecule has 6 atom stereocenters. The molecule has 1 saturated heterocycles. The van der Waals surface area contributed by atoms with Crippen molar-refractivity contribution in [3.05, 3.63) is 30.3 Å². The van der Waals surface area contributed by atoms with Gasteiger partial charge in [-0.1, -0.05) is 79.5 Å². The van der Waals surface area contributed by atoms with E-state index in [-0.39, 0.29) is 41.5 Å². The summed E-state index contributed by atoms with van der Waals surface area (Å²) in [4.78, 5) is 68.5. The number of sulfonamides is 1. The first kappa shape index (κ1) is 43.2. The summed E-state index contributed by atoms with van der Waals surface area (Å²) in [5, 5.41) is 8.55. The third-order valence-electron chi connectivity index (χ3n) is 10.5. The van der Waals surface area contributed by atoms with Crippen LogP contribution in [0.1, 0.15) is 80.6 Å². The summed E-state index contributed by atoms with van der Waals surface area (Å²) in [7, 11) is -2.35. The van der Waals surface area contributed by atoms with Crippen LogP contribution >= 0.6 is 11.8 Å². The molecule has 2 aliphatic rings. The van der Waals surface area contributed by atoms with Crippen LogP contribution in [0, 0.1) is 29.1 Å². The zero-order valence-corrected chi connectivity index (χ0v) is 33.6. The number of rotatable bonds is 18. The van der Waals surface area contributed by atoms with Crippen molar-refractivity contribution in [1.29, 1.82) is 0 Å². The largest absolute Gasteiger partial charge is 0.363 e. The third kappa shape index (κ3) is 11.2. The number of carbonyl (C=O) groups is 5. The third-order valence-corrected chi connectivity index (χ3v) is 13.6. The highest BCUT2D eigenvalue weighted by Gasteiger charge is 2.48.